The minimum Gasteiger partial charge on any atom is -0.481 e. The number of aromatic nitrogens is 2. The summed E-state index contributed by atoms with van der Waals surface area (Å²) in [5.41, 5.74) is 0. The van der Waals surface area contributed by atoms with Crippen LogP contribution in [0.1, 0.15) is 31.5 Å². The van der Waals surface area contributed by atoms with Crippen LogP contribution in [0.15, 0.2) is 4.52 Å². The molecule has 2 heterocycles. The van der Waals surface area contributed by atoms with E-state index in [2.05, 4.69) is 15.5 Å². The minimum atomic E-state index is -1.00. The third-order valence-corrected chi connectivity index (χ3v) is 3.13. The van der Waals surface area contributed by atoms with E-state index in [4.69, 9.17) is 9.63 Å². The second-order valence-electron chi connectivity index (χ2n) is 4.73. The van der Waals surface area contributed by atoms with Crippen LogP contribution in [0.4, 0.5) is 0 Å². The lowest BCUT2D eigenvalue weighted by Crippen LogP contribution is -2.55. The molecular weight excluding hydrogens is 264 g/mol. The molecule has 1 fully saturated rings. The summed E-state index contributed by atoms with van der Waals surface area (Å²) in [6.45, 7) is 3.40. The smallest absolute Gasteiger partial charge is 0.305 e. The van der Waals surface area contributed by atoms with Crippen LogP contribution in [0.25, 0.3) is 0 Å². The topological polar surface area (TPSA) is 109 Å². The third-order valence-electron chi connectivity index (χ3n) is 3.13. The van der Waals surface area contributed by atoms with Gasteiger partial charge in [0, 0.05) is 19.5 Å². The molecule has 1 unspecified atom stereocenters. The zero-order valence-electron chi connectivity index (χ0n) is 11.3. The van der Waals surface area contributed by atoms with Crippen LogP contribution < -0.4 is 5.32 Å². The van der Waals surface area contributed by atoms with E-state index in [9.17, 15) is 9.59 Å². The van der Waals surface area contributed by atoms with Crippen LogP contribution in [0.5, 0.6) is 0 Å². The van der Waals surface area contributed by atoms with E-state index in [1.165, 1.54) is 0 Å². The largest absolute Gasteiger partial charge is 0.481 e. The van der Waals surface area contributed by atoms with Gasteiger partial charge in [-0.2, -0.15) is 4.98 Å². The fourth-order valence-corrected chi connectivity index (χ4v) is 2.19. The van der Waals surface area contributed by atoms with E-state index in [1.807, 2.05) is 6.92 Å². The number of nitrogens with one attached hydrogen (secondary N) is 1. The highest BCUT2D eigenvalue weighted by Gasteiger charge is 2.32. The predicted octanol–water partition coefficient (Wildman–Crippen LogP) is -0.203. The molecule has 1 aliphatic rings. The van der Waals surface area contributed by atoms with Gasteiger partial charge >= 0.3 is 5.97 Å². The van der Waals surface area contributed by atoms with Crippen molar-refractivity contribution >= 4 is 11.9 Å². The van der Waals surface area contributed by atoms with Gasteiger partial charge in [0.2, 0.25) is 11.8 Å². The number of amides is 1. The first-order valence-electron chi connectivity index (χ1n) is 6.65. The Bertz CT molecular complexity index is 488. The van der Waals surface area contributed by atoms with Crippen LogP contribution in [0, 0.1) is 0 Å². The lowest BCUT2D eigenvalue weighted by atomic mass is 10.1. The Labute approximate surface area is 116 Å². The van der Waals surface area contributed by atoms with Gasteiger partial charge in [-0.1, -0.05) is 12.1 Å². The maximum Gasteiger partial charge on any atom is 0.305 e. The molecule has 1 atom stereocenters. The number of piperazine rings is 1. The Morgan fingerprint density at radius 3 is 3.10 bits per heavy atom. The number of aryl methyl sites for hydroxylation is 1. The molecule has 8 nitrogen and oxygen atoms in total. The maximum absolute atomic E-state index is 11.8. The molecular formula is C12H18N4O4. The summed E-state index contributed by atoms with van der Waals surface area (Å²) >= 11 is 0. The van der Waals surface area contributed by atoms with Gasteiger partial charge in [-0.25, -0.2) is 0 Å². The maximum atomic E-state index is 11.8. The van der Waals surface area contributed by atoms with Crippen molar-refractivity contribution in [1.82, 2.24) is 20.4 Å². The molecule has 1 amide bonds. The van der Waals surface area contributed by atoms with Crippen molar-refractivity contribution in [2.24, 2.45) is 0 Å². The van der Waals surface area contributed by atoms with Gasteiger partial charge in [0.05, 0.1) is 13.0 Å². The molecule has 1 aromatic rings. The zero-order chi connectivity index (χ0) is 14.5. The first-order chi connectivity index (χ1) is 9.60. The summed E-state index contributed by atoms with van der Waals surface area (Å²) in [4.78, 5) is 28.6. The van der Waals surface area contributed by atoms with Crippen LogP contribution >= 0.6 is 0 Å². The Morgan fingerprint density at radius 1 is 1.60 bits per heavy atom. The van der Waals surface area contributed by atoms with Gasteiger partial charge in [-0.3, -0.25) is 14.5 Å². The van der Waals surface area contributed by atoms with Gasteiger partial charge in [0.15, 0.2) is 5.82 Å². The molecule has 0 spiro atoms. The van der Waals surface area contributed by atoms with Crippen LogP contribution in [0.3, 0.4) is 0 Å². The average molecular weight is 282 g/mol. The molecule has 20 heavy (non-hydrogen) atoms. The normalized spacial score (nSPS) is 19.9. The first-order valence-corrected chi connectivity index (χ1v) is 6.65. The fraction of sp³-hybridized carbons (Fsp3) is 0.667. The van der Waals surface area contributed by atoms with Crippen LogP contribution in [0.2, 0.25) is 0 Å². The van der Waals surface area contributed by atoms with E-state index in [1.54, 1.807) is 4.90 Å². The highest BCUT2D eigenvalue weighted by molar-refractivity contribution is 5.86. The summed E-state index contributed by atoms with van der Waals surface area (Å²) in [5, 5.41) is 15.4. The third kappa shape index (κ3) is 3.53. The fourth-order valence-electron chi connectivity index (χ4n) is 2.19. The Morgan fingerprint density at radius 2 is 2.40 bits per heavy atom. The lowest BCUT2D eigenvalue weighted by molar-refractivity contribution is -0.143. The monoisotopic (exact) mass is 282 g/mol. The van der Waals surface area contributed by atoms with Crippen LogP contribution in [-0.2, 0) is 22.6 Å². The molecule has 2 N–H and O–H groups in total. The van der Waals surface area contributed by atoms with E-state index in [-0.39, 0.29) is 12.3 Å². The predicted molar refractivity (Wildman–Crippen MR) is 67.8 cm³/mol. The zero-order valence-corrected chi connectivity index (χ0v) is 11.3. The second kappa shape index (κ2) is 6.47. The van der Waals surface area contributed by atoms with E-state index in [0.29, 0.717) is 37.8 Å². The quantitative estimate of drug-likeness (QED) is 0.743. The number of aliphatic carboxylic acids is 1. The lowest BCUT2D eigenvalue weighted by Gasteiger charge is -2.33. The van der Waals surface area contributed by atoms with Crippen molar-refractivity contribution in [3.63, 3.8) is 0 Å². The van der Waals surface area contributed by atoms with Crippen molar-refractivity contribution in [1.29, 1.82) is 0 Å². The SMILES string of the molecule is CCCc1nc(CN2CCNC(=O)C2CC(=O)O)no1. The molecule has 1 aromatic heterocycles. The molecule has 0 saturated carbocycles. The Hall–Kier alpha value is -1.96. The molecule has 2 rings (SSSR count). The summed E-state index contributed by atoms with van der Waals surface area (Å²) < 4.78 is 5.09. The minimum absolute atomic E-state index is 0.231. The summed E-state index contributed by atoms with van der Waals surface area (Å²) in [6, 6.07) is -0.686. The Kier molecular flexibility index (Phi) is 4.67. The average Bonchev–Trinajstić information content (AvgIpc) is 2.81. The molecule has 0 aromatic carbocycles. The van der Waals surface area contributed by atoms with Gasteiger partial charge in [0.1, 0.15) is 6.04 Å². The highest BCUT2D eigenvalue weighted by Crippen LogP contribution is 2.13. The number of carboxylic acid groups (broad SMARTS) is 1. The summed E-state index contributed by atoms with van der Waals surface area (Å²) in [7, 11) is 0. The molecule has 0 bridgehead atoms. The van der Waals surface area contributed by atoms with Gasteiger partial charge in [-0.05, 0) is 6.42 Å². The number of carboxylic acids is 1. The van der Waals surface area contributed by atoms with Gasteiger partial charge in [-0.15, -0.1) is 0 Å². The molecule has 1 aliphatic heterocycles. The number of carbonyl (C=O) groups is 2. The van der Waals surface area contributed by atoms with Gasteiger partial charge < -0.3 is 14.9 Å². The number of carbonyl (C=O) groups excluding carboxylic acids is 1. The second-order valence-corrected chi connectivity index (χ2v) is 4.73. The van der Waals surface area contributed by atoms with E-state index < -0.39 is 12.0 Å². The van der Waals surface area contributed by atoms with Crippen molar-refractivity contribution in [2.75, 3.05) is 13.1 Å². The van der Waals surface area contributed by atoms with Crippen LogP contribution in [-0.4, -0.2) is 51.2 Å². The molecule has 8 heteroatoms. The molecule has 110 valence electrons. The highest BCUT2D eigenvalue weighted by atomic mass is 16.5. The molecule has 1 saturated heterocycles. The summed E-state index contributed by atoms with van der Waals surface area (Å²) in [5.74, 6) is -0.218. The van der Waals surface area contributed by atoms with Gasteiger partial charge in [0.25, 0.3) is 0 Å². The molecule has 0 radical (unpaired) electrons. The molecule has 0 aliphatic carbocycles. The summed E-state index contributed by atoms with van der Waals surface area (Å²) in [6.07, 6.45) is 1.40. The van der Waals surface area contributed by atoms with Crippen molar-refractivity contribution in [3.05, 3.63) is 11.7 Å². The number of rotatable bonds is 6. The van der Waals surface area contributed by atoms with Crippen molar-refractivity contribution < 1.29 is 19.2 Å². The number of hydrogen-bond donors (Lipinski definition) is 2. The number of nitrogens with zero attached hydrogens (tertiary/aromatic N) is 3. The number of hydrogen-bond acceptors (Lipinski definition) is 6. The first kappa shape index (κ1) is 14.4. The van der Waals surface area contributed by atoms with Crippen molar-refractivity contribution in [2.45, 2.75) is 38.8 Å². The van der Waals surface area contributed by atoms with Crippen molar-refractivity contribution in [3.8, 4) is 0 Å². The standard InChI is InChI=1S/C12H18N4O4/c1-2-3-10-14-9(15-20-10)7-16-5-4-13-12(19)8(16)6-11(17)18/h8H,2-7H2,1H3,(H,13,19)(H,17,18). The Balaban J connectivity index is 2.03. The van der Waals surface area contributed by atoms with E-state index >= 15 is 0 Å². The van der Waals surface area contributed by atoms with E-state index in [0.717, 1.165) is 6.42 Å².